The van der Waals surface area contributed by atoms with Gasteiger partial charge in [0.15, 0.2) is 23.3 Å². The van der Waals surface area contributed by atoms with Crippen LogP contribution in [-0.4, -0.2) is 16.1 Å². The fourth-order valence-corrected chi connectivity index (χ4v) is 2.62. The molecule has 0 atom stereocenters. The molecule has 122 valence electrons. The van der Waals surface area contributed by atoms with Crippen LogP contribution < -0.4 is 5.32 Å². The van der Waals surface area contributed by atoms with Crippen LogP contribution in [0.1, 0.15) is 10.4 Å². The van der Waals surface area contributed by atoms with Crippen molar-refractivity contribution < 1.29 is 22.4 Å². The standard InChI is InChI=1S/C15H7F4N3OS/c16-9-6-8(10(17)12(19)11(9)18)13(23)20-15-22-21-14(24-15)7-4-2-1-3-5-7/h1-6H,(H,20,22,23). The number of anilines is 1. The van der Waals surface area contributed by atoms with Crippen LogP contribution >= 0.6 is 11.3 Å². The van der Waals surface area contributed by atoms with Gasteiger partial charge in [0.2, 0.25) is 5.13 Å². The van der Waals surface area contributed by atoms with E-state index in [1.807, 2.05) is 6.07 Å². The molecule has 24 heavy (non-hydrogen) atoms. The van der Waals surface area contributed by atoms with E-state index in [0.29, 0.717) is 5.01 Å². The summed E-state index contributed by atoms with van der Waals surface area (Å²) in [4.78, 5) is 11.9. The summed E-state index contributed by atoms with van der Waals surface area (Å²) < 4.78 is 52.8. The molecule has 9 heteroatoms. The number of hydrogen-bond acceptors (Lipinski definition) is 4. The van der Waals surface area contributed by atoms with Crippen LogP contribution in [0.25, 0.3) is 10.6 Å². The Balaban J connectivity index is 1.85. The number of carbonyl (C=O) groups is 1. The van der Waals surface area contributed by atoms with E-state index in [1.165, 1.54) is 0 Å². The largest absolute Gasteiger partial charge is 0.296 e. The molecular weight excluding hydrogens is 346 g/mol. The normalized spacial score (nSPS) is 10.7. The lowest BCUT2D eigenvalue weighted by molar-refractivity contribution is 0.102. The number of carbonyl (C=O) groups excluding carboxylic acids is 1. The van der Waals surface area contributed by atoms with Crippen molar-refractivity contribution in [3.63, 3.8) is 0 Å². The molecule has 0 aliphatic rings. The number of aromatic nitrogens is 2. The van der Waals surface area contributed by atoms with E-state index in [4.69, 9.17) is 0 Å². The van der Waals surface area contributed by atoms with E-state index in [-0.39, 0.29) is 11.2 Å². The highest BCUT2D eigenvalue weighted by molar-refractivity contribution is 7.18. The van der Waals surface area contributed by atoms with Crippen molar-refractivity contribution in [3.8, 4) is 10.6 Å². The topological polar surface area (TPSA) is 54.9 Å². The zero-order valence-electron chi connectivity index (χ0n) is 11.7. The summed E-state index contributed by atoms with van der Waals surface area (Å²) in [6.07, 6.45) is 0. The molecule has 0 bridgehead atoms. The second kappa shape index (κ2) is 6.36. The number of hydrogen-bond donors (Lipinski definition) is 1. The molecule has 0 radical (unpaired) electrons. The van der Waals surface area contributed by atoms with Crippen LogP contribution in [-0.2, 0) is 0 Å². The van der Waals surface area contributed by atoms with E-state index in [9.17, 15) is 22.4 Å². The van der Waals surface area contributed by atoms with Gasteiger partial charge in [-0.3, -0.25) is 10.1 Å². The highest BCUT2D eigenvalue weighted by Gasteiger charge is 2.23. The number of rotatable bonds is 3. The summed E-state index contributed by atoms with van der Waals surface area (Å²) >= 11 is 0.988. The Morgan fingerprint density at radius 3 is 2.38 bits per heavy atom. The van der Waals surface area contributed by atoms with Gasteiger partial charge in [0, 0.05) is 5.56 Å². The molecule has 3 rings (SSSR count). The van der Waals surface area contributed by atoms with E-state index in [0.717, 1.165) is 16.9 Å². The lowest BCUT2D eigenvalue weighted by Crippen LogP contribution is -2.16. The monoisotopic (exact) mass is 353 g/mol. The maximum absolute atomic E-state index is 13.6. The van der Waals surface area contributed by atoms with Crippen LogP contribution in [0.15, 0.2) is 36.4 Å². The van der Waals surface area contributed by atoms with E-state index in [1.54, 1.807) is 24.3 Å². The molecule has 1 N–H and O–H groups in total. The van der Waals surface area contributed by atoms with E-state index >= 15 is 0 Å². The summed E-state index contributed by atoms with van der Waals surface area (Å²) in [7, 11) is 0. The summed E-state index contributed by atoms with van der Waals surface area (Å²) in [6, 6.07) is 9.21. The SMILES string of the molecule is O=C(Nc1nnc(-c2ccccc2)s1)c1cc(F)c(F)c(F)c1F. The number of nitrogens with one attached hydrogen (secondary N) is 1. The predicted molar refractivity (Wildman–Crippen MR) is 79.6 cm³/mol. The van der Waals surface area contributed by atoms with Gasteiger partial charge in [0.05, 0.1) is 5.56 Å². The lowest BCUT2D eigenvalue weighted by Gasteiger charge is -2.05. The molecule has 1 aromatic heterocycles. The molecular formula is C15H7F4N3OS. The van der Waals surface area contributed by atoms with Gasteiger partial charge < -0.3 is 0 Å². The Hall–Kier alpha value is -2.81. The van der Waals surface area contributed by atoms with Gasteiger partial charge in [0.25, 0.3) is 5.91 Å². The molecule has 0 fully saturated rings. The fourth-order valence-electron chi connectivity index (χ4n) is 1.87. The van der Waals surface area contributed by atoms with Crippen molar-refractivity contribution in [2.75, 3.05) is 5.32 Å². The molecule has 1 amide bonds. The van der Waals surface area contributed by atoms with Gasteiger partial charge in [-0.2, -0.15) is 0 Å². The molecule has 2 aromatic carbocycles. The molecule has 0 saturated heterocycles. The van der Waals surface area contributed by atoms with E-state index in [2.05, 4.69) is 15.5 Å². The summed E-state index contributed by atoms with van der Waals surface area (Å²) in [6.45, 7) is 0. The van der Waals surface area contributed by atoms with Gasteiger partial charge in [0.1, 0.15) is 5.01 Å². The van der Waals surface area contributed by atoms with Gasteiger partial charge in [-0.05, 0) is 6.07 Å². The van der Waals surface area contributed by atoms with Crippen LogP contribution in [0.3, 0.4) is 0 Å². The van der Waals surface area contributed by atoms with Crippen LogP contribution in [0.4, 0.5) is 22.7 Å². The Morgan fingerprint density at radius 2 is 1.67 bits per heavy atom. The summed E-state index contributed by atoms with van der Waals surface area (Å²) in [5.41, 5.74) is -0.219. The van der Waals surface area contributed by atoms with Crippen LogP contribution in [0.5, 0.6) is 0 Å². The number of halogens is 4. The van der Waals surface area contributed by atoms with Crippen molar-refractivity contribution in [2.24, 2.45) is 0 Å². The molecule has 0 aliphatic heterocycles. The minimum absolute atomic E-state index is 0.00314. The quantitative estimate of drug-likeness (QED) is 0.440. The minimum Gasteiger partial charge on any atom is -0.296 e. The highest BCUT2D eigenvalue weighted by Crippen LogP contribution is 2.27. The van der Waals surface area contributed by atoms with Crippen molar-refractivity contribution in [2.45, 2.75) is 0 Å². The number of nitrogens with zero attached hydrogens (tertiary/aromatic N) is 2. The van der Waals surface area contributed by atoms with Crippen molar-refractivity contribution >= 4 is 22.4 Å². The van der Waals surface area contributed by atoms with E-state index < -0.39 is 34.7 Å². The molecule has 0 aliphatic carbocycles. The van der Waals surface area contributed by atoms with Crippen molar-refractivity contribution in [3.05, 3.63) is 65.2 Å². The van der Waals surface area contributed by atoms with Crippen LogP contribution in [0.2, 0.25) is 0 Å². The minimum atomic E-state index is -2.05. The predicted octanol–water partition coefficient (Wildman–Crippen LogP) is 4.01. The third kappa shape index (κ3) is 2.98. The van der Waals surface area contributed by atoms with Crippen molar-refractivity contribution in [1.29, 1.82) is 0 Å². The third-order valence-electron chi connectivity index (χ3n) is 3.01. The maximum atomic E-state index is 13.6. The Morgan fingerprint density at radius 1 is 0.958 bits per heavy atom. The first-order valence-corrected chi connectivity index (χ1v) is 7.32. The molecule has 0 saturated carbocycles. The maximum Gasteiger partial charge on any atom is 0.260 e. The Bertz CT molecular complexity index is 915. The zero-order chi connectivity index (χ0) is 17.3. The fraction of sp³-hybridized carbons (Fsp3) is 0. The van der Waals surface area contributed by atoms with Gasteiger partial charge in [-0.25, -0.2) is 17.6 Å². The number of benzene rings is 2. The first-order chi connectivity index (χ1) is 11.5. The van der Waals surface area contributed by atoms with Gasteiger partial charge in [-0.15, -0.1) is 10.2 Å². The summed E-state index contributed by atoms with van der Waals surface area (Å²) in [5.74, 6) is -8.64. The van der Waals surface area contributed by atoms with Gasteiger partial charge >= 0.3 is 0 Å². The summed E-state index contributed by atoms with van der Waals surface area (Å²) in [5, 5.41) is 10.2. The molecule has 3 aromatic rings. The molecule has 0 unspecified atom stereocenters. The molecule has 4 nitrogen and oxygen atoms in total. The average molecular weight is 353 g/mol. The first kappa shape index (κ1) is 16.1. The Labute approximate surface area is 136 Å². The molecule has 1 heterocycles. The third-order valence-corrected chi connectivity index (χ3v) is 3.90. The van der Waals surface area contributed by atoms with Crippen molar-refractivity contribution in [1.82, 2.24) is 10.2 Å². The average Bonchev–Trinajstić information content (AvgIpc) is 3.05. The molecule has 0 spiro atoms. The van der Waals surface area contributed by atoms with Crippen LogP contribution in [0, 0.1) is 23.3 Å². The number of amides is 1. The Kier molecular flexibility index (Phi) is 4.26. The second-order valence-corrected chi connectivity index (χ2v) is 5.56. The smallest absolute Gasteiger partial charge is 0.260 e. The first-order valence-electron chi connectivity index (χ1n) is 6.50. The second-order valence-electron chi connectivity index (χ2n) is 4.58. The zero-order valence-corrected chi connectivity index (χ0v) is 12.5. The highest BCUT2D eigenvalue weighted by atomic mass is 32.1. The van der Waals surface area contributed by atoms with Gasteiger partial charge in [-0.1, -0.05) is 41.7 Å². The lowest BCUT2D eigenvalue weighted by atomic mass is 10.1.